The fraction of sp³-hybridized carbons (Fsp3) is 0.222. The van der Waals surface area contributed by atoms with Gasteiger partial charge in [0, 0.05) is 11.6 Å². The third-order valence-electron chi connectivity index (χ3n) is 3.53. The first kappa shape index (κ1) is 17.4. The summed E-state index contributed by atoms with van der Waals surface area (Å²) >= 11 is 0. The molecule has 26 heavy (non-hydrogen) atoms. The Balaban J connectivity index is 1.67. The van der Waals surface area contributed by atoms with Crippen molar-refractivity contribution in [2.24, 2.45) is 5.10 Å². The minimum absolute atomic E-state index is 0.168. The number of anilines is 1. The zero-order chi connectivity index (χ0) is 18.4. The Morgan fingerprint density at radius 1 is 1.23 bits per heavy atom. The van der Waals surface area contributed by atoms with E-state index in [0.29, 0.717) is 40.9 Å². The topological polar surface area (TPSA) is 90.4 Å². The van der Waals surface area contributed by atoms with Crippen molar-refractivity contribution in [3.05, 3.63) is 42.0 Å². The molecule has 0 saturated heterocycles. The minimum Gasteiger partial charge on any atom is -0.495 e. The molecule has 1 aliphatic rings. The molecule has 3 rings (SSSR count). The van der Waals surface area contributed by atoms with Crippen molar-refractivity contribution in [3.8, 4) is 23.0 Å². The van der Waals surface area contributed by atoms with E-state index in [9.17, 15) is 4.79 Å². The molecule has 2 aromatic rings. The number of benzene rings is 2. The second-order valence-corrected chi connectivity index (χ2v) is 5.20. The molecule has 0 fully saturated rings. The van der Waals surface area contributed by atoms with Crippen LogP contribution in [0.3, 0.4) is 0 Å². The van der Waals surface area contributed by atoms with Crippen LogP contribution in [0.4, 0.5) is 10.5 Å². The highest BCUT2D eigenvalue weighted by molar-refractivity contribution is 5.92. The van der Waals surface area contributed by atoms with Crippen LogP contribution in [0.15, 0.2) is 41.5 Å². The summed E-state index contributed by atoms with van der Waals surface area (Å²) in [4.78, 5) is 12.0. The fourth-order valence-corrected chi connectivity index (χ4v) is 2.38. The number of nitrogens with zero attached hydrogens (tertiary/aromatic N) is 1. The van der Waals surface area contributed by atoms with E-state index in [-0.39, 0.29) is 6.79 Å². The normalized spacial score (nSPS) is 12.1. The molecule has 1 aliphatic heterocycles. The van der Waals surface area contributed by atoms with E-state index in [1.54, 1.807) is 30.3 Å². The van der Waals surface area contributed by atoms with Gasteiger partial charge in [0.15, 0.2) is 11.5 Å². The molecule has 8 nitrogen and oxygen atoms in total. The number of amides is 2. The first-order valence-corrected chi connectivity index (χ1v) is 8.00. The molecule has 136 valence electrons. The molecule has 0 radical (unpaired) electrons. The van der Waals surface area contributed by atoms with Gasteiger partial charge >= 0.3 is 6.03 Å². The number of fused-ring (bicyclic) bond motifs is 1. The van der Waals surface area contributed by atoms with Crippen LogP contribution < -0.4 is 29.7 Å². The molecule has 2 aromatic carbocycles. The highest BCUT2D eigenvalue weighted by Gasteiger charge is 2.17. The lowest BCUT2D eigenvalue weighted by Gasteiger charge is -2.09. The molecule has 0 unspecified atom stereocenters. The van der Waals surface area contributed by atoms with Crippen molar-refractivity contribution in [1.82, 2.24) is 5.43 Å². The molecule has 0 spiro atoms. The molecule has 8 heteroatoms. The van der Waals surface area contributed by atoms with Gasteiger partial charge in [-0.05, 0) is 25.1 Å². The molecule has 0 aromatic heterocycles. The number of ether oxygens (including phenoxy) is 4. The van der Waals surface area contributed by atoms with E-state index < -0.39 is 6.03 Å². The van der Waals surface area contributed by atoms with Crippen LogP contribution in [0.25, 0.3) is 0 Å². The van der Waals surface area contributed by atoms with E-state index in [2.05, 4.69) is 15.8 Å². The highest BCUT2D eigenvalue weighted by atomic mass is 16.7. The zero-order valence-electron chi connectivity index (χ0n) is 14.4. The predicted octanol–water partition coefficient (Wildman–Crippen LogP) is 2.98. The van der Waals surface area contributed by atoms with E-state index in [1.165, 1.54) is 13.3 Å². The zero-order valence-corrected chi connectivity index (χ0v) is 14.4. The van der Waals surface area contributed by atoms with Crippen LogP contribution in [0.2, 0.25) is 0 Å². The van der Waals surface area contributed by atoms with Crippen LogP contribution in [-0.4, -0.2) is 32.8 Å². The lowest BCUT2D eigenvalue weighted by atomic mass is 10.2. The smallest absolute Gasteiger partial charge is 0.339 e. The Hall–Kier alpha value is -3.42. The van der Waals surface area contributed by atoms with Crippen molar-refractivity contribution < 1.29 is 23.7 Å². The number of carbonyl (C=O) groups is 1. The van der Waals surface area contributed by atoms with Crippen molar-refractivity contribution in [2.75, 3.05) is 25.8 Å². The predicted molar refractivity (Wildman–Crippen MR) is 96.5 cm³/mol. The largest absolute Gasteiger partial charge is 0.495 e. The standard InChI is InChI=1S/C18H19N3O5/c1-3-24-15-9-17-16(25-11-26-17)8-12(15)10-19-21-18(22)20-13-6-4-5-7-14(13)23-2/h4-10H,3,11H2,1-2H3,(H2,20,21,22)/b19-10-. The van der Waals surface area contributed by atoms with E-state index in [4.69, 9.17) is 18.9 Å². The molecule has 0 saturated carbocycles. The van der Waals surface area contributed by atoms with Gasteiger partial charge in [-0.25, -0.2) is 10.2 Å². The van der Waals surface area contributed by atoms with Crippen molar-refractivity contribution in [2.45, 2.75) is 6.92 Å². The van der Waals surface area contributed by atoms with Gasteiger partial charge in [0.2, 0.25) is 6.79 Å². The summed E-state index contributed by atoms with van der Waals surface area (Å²) in [7, 11) is 1.53. The van der Waals surface area contributed by atoms with Gasteiger partial charge in [-0.15, -0.1) is 0 Å². The monoisotopic (exact) mass is 357 g/mol. The first-order chi connectivity index (χ1) is 12.7. The molecule has 0 aliphatic carbocycles. The SMILES string of the molecule is CCOc1cc2c(cc1/C=N\NC(=O)Nc1ccccc1OC)OCO2. The van der Waals surface area contributed by atoms with Crippen LogP contribution in [0.5, 0.6) is 23.0 Å². The third-order valence-corrected chi connectivity index (χ3v) is 3.53. The average Bonchev–Trinajstić information content (AvgIpc) is 3.09. The van der Waals surface area contributed by atoms with E-state index in [0.717, 1.165) is 0 Å². The number of carbonyl (C=O) groups excluding carboxylic acids is 1. The number of hydrazone groups is 1. The number of urea groups is 1. The van der Waals surface area contributed by atoms with E-state index >= 15 is 0 Å². The van der Waals surface area contributed by atoms with Gasteiger partial charge in [-0.2, -0.15) is 5.10 Å². The summed E-state index contributed by atoms with van der Waals surface area (Å²) in [6, 6.07) is 10.1. The van der Waals surface area contributed by atoms with Gasteiger partial charge in [-0.3, -0.25) is 0 Å². The molecule has 0 atom stereocenters. The second-order valence-electron chi connectivity index (χ2n) is 5.20. The summed E-state index contributed by atoms with van der Waals surface area (Å²) < 4.78 is 21.4. The van der Waals surface area contributed by atoms with Crippen LogP contribution >= 0.6 is 0 Å². The van der Waals surface area contributed by atoms with Crippen molar-refractivity contribution in [1.29, 1.82) is 0 Å². The van der Waals surface area contributed by atoms with Crippen LogP contribution in [-0.2, 0) is 0 Å². The maximum atomic E-state index is 12.0. The molecular formula is C18H19N3O5. The Bertz CT molecular complexity index is 822. The number of hydrogen-bond acceptors (Lipinski definition) is 6. The summed E-state index contributed by atoms with van der Waals surface area (Å²) in [6.07, 6.45) is 1.48. The summed E-state index contributed by atoms with van der Waals surface area (Å²) in [6.45, 7) is 2.54. The summed E-state index contributed by atoms with van der Waals surface area (Å²) in [5, 5.41) is 6.62. The van der Waals surface area contributed by atoms with Gasteiger partial charge in [-0.1, -0.05) is 12.1 Å². The number of para-hydroxylation sites is 2. The highest BCUT2D eigenvalue weighted by Crippen LogP contribution is 2.37. The van der Waals surface area contributed by atoms with Gasteiger partial charge in [0.05, 0.1) is 25.6 Å². The first-order valence-electron chi connectivity index (χ1n) is 8.00. The fourth-order valence-electron chi connectivity index (χ4n) is 2.38. The lowest BCUT2D eigenvalue weighted by molar-refractivity contribution is 0.174. The Morgan fingerprint density at radius 3 is 2.77 bits per heavy atom. The van der Waals surface area contributed by atoms with Crippen molar-refractivity contribution in [3.63, 3.8) is 0 Å². The minimum atomic E-state index is -0.496. The number of hydrogen-bond donors (Lipinski definition) is 2. The van der Waals surface area contributed by atoms with Gasteiger partial charge in [0.25, 0.3) is 0 Å². The Labute approximate surface area is 150 Å². The maximum absolute atomic E-state index is 12.0. The van der Waals surface area contributed by atoms with Gasteiger partial charge in [0.1, 0.15) is 11.5 Å². The summed E-state index contributed by atoms with van der Waals surface area (Å²) in [5.41, 5.74) is 3.61. The Morgan fingerprint density at radius 2 is 2.00 bits per heavy atom. The quantitative estimate of drug-likeness (QED) is 0.613. The number of nitrogens with one attached hydrogen (secondary N) is 2. The molecule has 2 amide bonds. The number of rotatable bonds is 6. The molecular weight excluding hydrogens is 338 g/mol. The van der Waals surface area contributed by atoms with Gasteiger partial charge < -0.3 is 24.3 Å². The maximum Gasteiger partial charge on any atom is 0.339 e. The van der Waals surface area contributed by atoms with E-state index in [1.807, 2.05) is 13.0 Å². The van der Waals surface area contributed by atoms with Crippen molar-refractivity contribution >= 4 is 17.9 Å². The lowest BCUT2D eigenvalue weighted by Crippen LogP contribution is -2.24. The van der Waals surface area contributed by atoms with Crippen LogP contribution in [0.1, 0.15) is 12.5 Å². The Kier molecular flexibility index (Phi) is 5.43. The average molecular weight is 357 g/mol. The second kappa shape index (κ2) is 8.11. The number of methoxy groups -OCH3 is 1. The summed E-state index contributed by atoms with van der Waals surface area (Å²) in [5.74, 6) is 2.37. The molecule has 2 N–H and O–H groups in total. The third kappa shape index (κ3) is 3.97. The molecule has 0 bridgehead atoms. The van der Waals surface area contributed by atoms with Crippen LogP contribution in [0, 0.1) is 0 Å². The molecule has 1 heterocycles.